The summed E-state index contributed by atoms with van der Waals surface area (Å²) in [6, 6.07) is 9.63. The number of amides is 1. The Balaban J connectivity index is 1.52. The normalized spacial score (nSPS) is 12.6. The van der Waals surface area contributed by atoms with E-state index in [4.69, 9.17) is 9.47 Å². The monoisotopic (exact) mass is 420 g/mol. The molecule has 0 spiro atoms. The molecule has 1 amide bonds. The van der Waals surface area contributed by atoms with Gasteiger partial charge in [0.15, 0.2) is 11.5 Å². The lowest BCUT2D eigenvalue weighted by molar-refractivity contribution is -0.118. The number of aryl methyl sites for hydroxylation is 2. The molecule has 0 saturated heterocycles. The molecule has 130 valence electrons. The Morgan fingerprint density at radius 1 is 1.24 bits per heavy atom. The van der Waals surface area contributed by atoms with Gasteiger partial charge in [0.05, 0.1) is 12.0 Å². The Bertz CT molecular complexity index is 839. The van der Waals surface area contributed by atoms with Crippen LogP contribution in [-0.4, -0.2) is 24.7 Å². The van der Waals surface area contributed by atoms with Gasteiger partial charge in [-0.2, -0.15) is 5.10 Å². The highest BCUT2D eigenvalue weighted by Crippen LogP contribution is 2.32. The molecule has 1 aliphatic heterocycles. The Morgan fingerprint density at radius 2 is 2.04 bits per heavy atom. The highest BCUT2D eigenvalue weighted by atomic mass is 79.9. The van der Waals surface area contributed by atoms with Crippen molar-refractivity contribution < 1.29 is 14.3 Å². The number of thioether (sulfide) groups is 1. The highest BCUT2D eigenvalue weighted by molar-refractivity contribution is 9.10. The first-order valence-corrected chi connectivity index (χ1v) is 9.42. The van der Waals surface area contributed by atoms with Crippen LogP contribution in [0.3, 0.4) is 0 Å². The van der Waals surface area contributed by atoms with Gasteiger partial charge in [0.2, 0.25) is 12.7 Å². The van der Waals surface area contributed by atoms with E-state index in [0.29, 0.717) is 11.5 Å². The van der Waals surface area contributed by atoms with Crippen molar-refractivity contribution in [2.24, 2.45) is 5.10 Å². The number of hydrogen-bond donors (Lipinski definition) is 1. The summed E-state index contributed by atoms with van der Waals surface area (Å²) in [5.74, 6) is 1.56. The molecule has 0 saturated carbocycles. The summed E-state index contributed by atoms with van der Waals surface area (Å²) in [5, 5.41) is 3.99. The van der Waals surface area contributed by atoms with Crippen LogP contribution in [0.1, 0.15) is 16.7 Å². The molecule has 0 atom stereocenters. The first-order valence-electron chi connectivity index (χ1n) is 7.64. The van der Waals surface area contributed by atoms with Crippen LogP contribution in [0.2, 0.25) is 0 Å². The Kier molecular flexibility index (Phi) is 5.65. The van der Waals surface area contributed by atoms with E-state index in [0.717, 1.165) is 31.8 Å². The Labute approximate surface area is 158 Å². The van der Waals surface area contributed by atoms with Crippen molar-refractivity contribution in [1.82, 2.24) is 5.43 Å². The van der Waals surface area contributed by atoms with Crippen LogP contribution in [-0.2, 0) is 4.79 Å². The molecular formula is C18H17BrN2O3S. The predicted octanol–water partition coefficient (Wildman–Crippen LogP) is 4.04. The minimum atomic E-state index is -0.151. The number of fused-ring (bicyclic) bond motifs is 1. The average Bonchev–Trinajstić information content (AvgIpc) is 3.04. The fourth-order valence-corrected chi connectivity index (χ4v) is 3.61. The van der Waals surface area contributed by atoms with Crippen LogP contribution >= 0.6 is 27.7 Å². The van der Waals surface area contributed by atoms with Gasteiger partial charge in [-0.1, -0.05) is 15.9 Å². The van der Waals surface area contributed by atoms with Gasteiger partial charge in [-0.3, -0.25) is 4.79 Å². The number of rotatable bonds is 5. The van der Waals surface area contributed by atoms with Gasteiger partial charge in [-0.05, 0) is 60.9 Å². The maximum Gasteiger partial charge on any atom is 0.250 e. The van der Waals surface area contributed by atoms with Crippen LogP contribution in [0, 0.1) is 13.8 Å². The maximum atomic E-state index is 12.0. The summed E-state index contributed by atoms with van der Waals surface area (Å²) in [5.41, 5.74) is 5.66. The van der Waals surface area contributed by atoms with Crippen molar-refractivity contribution in [3.8, 4) is 11.5 Å². The lowest BCUT2D eigenvalue weighted by Gasteiger charge is -2.08. The first kappa shape index (κ1) is 17.8. The molecule has 2 aromatic carbocycles. The summed E-state index contributed by atoms with van der Waals surface area (Å²) < 4.78 is 11.6. The third-order valence-electron chi connectivity index (χ3n) is 3.61. The van der Waals surface area contributed by atoms with Crippen molar-refractivity contribution in [2.45, 2.75) is 18.7 Å². The van der Waals surface area contributed by atoms with E-state index < -0.39 is 0 Å². The second-order valence-corrected chi connectivity index (χ2v) is 7.43. The second-order valence-electron chi connectivity index (χ2n) is 5.56. The standard InChI is InChI=1S/C18H17BrN2O3S/c1-11-6-17(12(2)5-14(11)19)25-9-18(22)21-20-8-13-3-4-15-16(7-13)24-10-23-15/h3-8H,9-10H2,1-2H3,(H,21,22)/b20-8-. The van der Waals surface area contributed by atoms with Crippen molar-refractivity contribution in [3.63, 3.8) is 0 Å². The molecule has 0 aromatic heterocycles. The quantitative estimate of drug-likeness (QED) is 0.450. The third kappa shape index (κ3) is 4.55. The van der Waals surface area contributed by atoms with Gasteiger partial charge in [0.25, 0.3) is 0 Å². The van der Waals surface area contributed by atoms with Gasteiger partial charge in [0, 0.05) is 9.37 Å². The molecule has 3 rings (SSSR count). The lowest BCUT2D eigenvalue weighted by Crippen LogP contribution is -2.19. The Morgan fingerprint density at radius 3 is 2.88 bits per heavy atom. The molecule has 1 aliphatic rings. The number of halogens is 1. The van der Waals surface area contributed by atoms with Gasteiger partial charge in [0.1, 0.15) is 0 Å². The molecule has 7 heteroatoms. The van der Waals surface area contributed by atoms with Crippen LogP contribution in [0.25, 0.3) is 0 Å². The van der Waals surface area contributed by atoms with Crippen LogP contribution in [0.4, 0.5) is 0 Å². The van der Waals surface area contributed by atoms with Gasteiger partial charge < -0.3 is 9.47 Å². The zero-order chi connectivity index (χ0) is 17.8. The van der Waals surface area contributed by atoms with Crippen LogP contribution < -0.4 is 14.9 Å². The summed E-state index contributed by atoms with van der Waals surface area (Å²) in [6.07, 6.45) is 1.58. The minimum absolute atomic E-state index is 0.151. The molecular weight excluding hydrogens is 404 g/mol. The number of hydrazone groups is 1. The zero-order valence-electron chi connectivity index (χ0n) is 13.8. The molecule has 0 radical (unpaired) electrons. The van der Waals surface area contributed by atoms with Crippen molar-refractivity contribution >= 4 is 39.8 Å². The van der Waals surface area contributed by atoms with E-state index in [9.17, 15) is 4.79 Å². The fourth-order valence-electron chi connectivity index (χ4n) is 2.26. The van der Waals surface area contributed by atoms with Gasteiger partial charge in [-0.15, -0.1) is 11.8 Å². The number of carbonyl (C=O) groups is 1. The minimum Gasteiger partial charge on any atom is -0.454 e. The van der Waals surface area contributed by atoms with E-state index in [2.05, 4.69) is 38.6 Å². The largest absolute Gasteiger partial charge is 0.454 e. The molecule has 0 fully saturated rings. The number of nitrogens with one attached hydrogen (secondary N) is 1. The Hall–Kier alpha value is -1.99. The molecule has 5 nitrogen and oxygen atoms in total. The molecule has 0 unspecified atom stereocenters. The van der Waals surface area contributed by atoms with E-state index in [-0.39, 0.29) is 12.7 Å². The maximum absolute atomic E-state index is 12.0. The zero-order valence-corrected chi connectivity index (χ0v) is 16.2. The van der Waals surface area contributed by atoms with Crippen molar-refractivity contribution in [1.29, 1.82) is 0 Å². The molecule has 0 bridgehead atoms. The fraction of sp³-hybridized carbons (Fsp3) is 0.222. The second kappa shape index (κ2) is 7.93. The third-order valence-corrected chi connectivity index (χ3v) is 5.63. The van der Waals surface area contributed by atoms with E-state index in [1.807, 2.05) is 32.0 Å². The topological polar surface area (TPSA) is 59.9 Å². The predicted molar refractivity (Wildman–Crippen MR) is 103 cm³/mol. The van der Waals surface area contributed by atoms with Crippen molar-refractivity contribution in [3.05, 3.63) is 51.5 Å². The summed E-state index contributed by atoms with van der Waals surface area (Å²) in [6.45, 7) is 4.30. The SMILES string of the molecule is Cc1cc(SCC(=O)N/N=C\c2ccc3c(c2)OCO3)c(C)cc1Br. The number of carbonyl (C=O) groups excluding carboxylic acids is 1. The summed E-state index contributed by atoms with van der Waals surface area (Å²) >= 11 is 5.01. The van der Waals surface area contributed by atoms with Crippen LogP contribution in [0.15, 0.2) is 44.8 Å². The molecule has 1 N–H and O–H groups in total. The van der Waals surface area contributed by atoms with E-state index in [1.165, 1.54) is 11.8 Å². The molecule has 25 heavy (non-hydrogen) atoms. The molecule has 0 aliphatic carbocycles. The summed E-state index contributed by atoms with van der Waals surface area (Å²) in [4.78, 5) is 13.1. The van der Waals surface area contributed by atoms with E-state index in [1.54, 1.807) is 6.21 Å². The smallest absolute Gasteiger partial charge is 0.250 e. The average molecular weight is 421 g/mol. The van der Waals surface area contributed by atoms with Crippen LogP contribution in [0.5, 0.6) is 11.5 Å². The van der Waals surface area contributed by atoms with Crippen molar-refractivity contribution in [2.75, 3.05) is 12.5 Å². The number of benzene rings is 2. The number of nitrogens with zero attached hydrogens (tertiary/aromatic N) is 1. The van der Waals surface area contributed by atoms with Gasteiger partial charge in [-0.25, -0.2) is 5.43 Å². The first-order chi connectivity index (χ1) is 12.0. The summed E-state index contributed by atoms with van der Waals surface area (Å²) in [7, 11) is 0. The van der Waals surface area contributed by atoms with E-state index >= 15 is 0 Å². The highest BCUT2D eigenvalue weighted by Gasteiger charge is 2.12. The number of ether oxygens (including phenoxy) is 2. The number of hydrogen-bond acceptors (Lipinski definition) is 5. The molecule has 1 heterocycles. The van der Waals surface area contributed by atoms with Gasteiger partial charge >= 0.3 is 0 Å². The molecule has 2 aromatic rings. The lowest BCUT2D eigenvalue weighted by atomic mass is 10.2.